The maximum absolute atomic E-state index is 11.1. The maximum Gasteiger partial charge on any atom is 0.131 e. The predicted molar refractivity (Wildman–Crippen MR) is 86.0 cm³/mol. The van der Waals surface area contributed by atoms with Gasteiger partial charge in [-0.05, 0) is 29.7 Å². The van der Waals surface area contributed by atoms with E-state index in [1.165, 1.54) is 0 Å². The second-order valence-electron chi connectivity index (χ2n) is 5.47. The molecule has 0 amide bonds. The lowest BCUT2D eigenvalue weighted by atomic mass is 9.86. The number of rotatable bonds is 2. The highest BCUT2D eigenvalue weighted by Crippen LogP contribution is 2.48. The minimum absolute atomic E-state index is 0.229. The highest BCUT2D eigenvalue weighted by Gasteiger charge is 2.45. The van der Waals surface area contributed by atoms with Gasteiger partial charge in [0.25, 0.3) is 0 Å². The summed E-state index contributed by atoms with van der Waals surface area (Å²) in [5.41, 5.74) is 7.12. The van der Waals surface area contributed by atoms with Gasteiger partial charge < -0.3 is 10.8 Å². The zero-order valence-electron chi connectivity index (χ0n) is 11.8. The van der Waals surface area contributed by atoms with Crippen LogP contribution in [0.4, 0.5) is 0 Å². The first-order chi connectivity index (χ1) is 10.6. The molecule has 4 heteroatoms. The smallest absolute Gasteiger partial charge is 0.131 e. The van der Waals surface area contributed by atoms with Gasteiger partial charge in [0.1, 0.15) is 5.60 Å². The molecule has 0 aromatic heterocycles. The van der Waals surface area contributed by atoms with E-state index >= 15 is 0 Å². The van der Waals surface area contributed by atoms with E-state index in [-0.39, 0.29) is 11.6 Å². The summed E-state index contributed by atoms with van der Waals surface area (Å²) in [5, 5.41) is 21.2. The molecule has 0 aliphatic heterocycles. The van der Waals surface area contributed by atoms with Crippen LogP contribution in [0.1, 0.15) is 23.5 Å². The summed E-state index contributed by atoms with van der Waals surface area (Å²) in [4.78, 5) is 0. The average Bonchev–Trinajstić information content (AvgIpc) is 2.81. The van der Waals surface area contributed by atoms with Gasteiger partial charge in [0.15, 0.2) is 0 Å². The van der Waals surface area contributed by atoms with E-state index in [0.29, 0.717) is 22.6 Å². The minimum Gasteiger partial charge on any atom is -0.399 e. The predicted octanol–water partition coefficient (Wildman–Crippen LogP) is 3.45. The van der Waals surface area contributed by atoms with Gasteiger partial charge in [-0.15, -0.1) is 0 Å². The Morgan fingerprint density at radius 3 is 2.36 bits per heavy atom. The van der Waals surface area contributed by atoms with Crippen molar-refractivity contribution in [3.8, 4) is 6.07 Å². The number of halogens is 1. The fourth-order valence-electron chi connectivity index (χ4n) is 3.02. The molecule has 0 unspecified atom stereocenters. The van der Waals surface area contributed by atoms with Crippen LogP contribution in [-0.2, 0) is 5.60 Å². The maximum atomic E-state index is 11.1. The molecule has 3 rings (SSSR count). The van der Waals surface area contributed by atoms with Crippen LogP contribution in [0.5, 0.6) is 0 Å². The zero-order valence-corrected chi connectivity index (χ0v) is 12.6. The molecular formula is C18H15ClN2O. The Labute approximate surface area is 134 Å². The van der Waals surface area contributed by atoms with Crippen molar-refractivity contribution in [1.29, 1.82) is 5.26 Å². The third-order valence-corrected chi connectivity index (χ3v) is 4.48. The van der Waals surface area contributed by atoms with Gasteiger partial charge in [-0.2, -0.15) is 5.26 Å². The standard InChI is InChI=1S/C18H15ClN2O/c19-14-8-6-12(7-9-14)15-10-18(22,17(21)16(15)11-20)13-4-2-1-3-5-13/h1-9,15,22H,10,21H2/t15-,18+/m0/s1. The average molecular weight is 311 g/mol. The molecule has 3 nitrogen and oxygen atoms in total. The molecule has 2 aromatic rings. The van der Waals surface area contributed by atoms with Gasteiger partial charge >= 0.3 is 0 Å². The van der Waals surface area contributed by atoms with Gasteiger partial charge in [0.05, 0.1) is 17.3 Å². The molecule has 1 aliphatic rings. The Kier molecular flexibility index (Phi) is 3.66. The molecule has 3 N–H and O–H groups in total. The van der Waals surface area contributed by atoms with Crippen LogP contribution >= 0.6 is 11.6 Å². The monoisotopic (exact) mass is 310 g/mol. The Balaban J connectivity index is 2.07. The summed E-state index contributed by atoms with van der Waals surface area (Å²) in [6, 6.07) is 18.7. The number of allylic oxidation sites excluding steroid dienone is 1. The van der Waals surface area contributed by atoms with Crippen LogP contribution in [0.15, 0.2) is 65.9 Å². The molecule has 0 heterocycles. The zero-order chi connectivity index (χ0) is 15.7. The summed E-state index contributed by atoms with van der Waals surface area (Å²) < 4.78 is 0. The van der Waals surface area contributed by atoms with Crippen LogP contribution in [0.3, 0.4) is 0 Å². The number of nitriles is 1. The summed E-state index contributed by atoms with van der Waals surface area (Å²) in [7, 11) is 0. The van der Waals surface area contributed by atoms with Crippen LogP contribution in [0.25, 0.3) is 0 Å². The number of hydrogen-bond acceptors (Lipinski definition) is 3. The lowest BCUT2D eigenvalue weighted by Gasteiger charge is -2.25. The normalized spacial score (nSPS) is 24.3. The Bertz CT molecular complexity index is 762. The fourth-order valence-corrected chi connectivity index (χ4v) is 3.15. The quantitative estimate of drug-likeness (QED) is 0.892. The lowest BCUT2D eigenvalue weighted by molar-refractivity contribution is 0.0724. The van der Waals surface area contributed by atoms with E-state index in [9.17, 15) is 10.4 Å². The fraction of sp³-hybridized carbons (Fsp3) is 0.167. The molecule has 0 saturated carbocycles. The third-order valence-electron chi connectivity index (χ3n) is 4.23. The number of hydrogen-bond donors (Lipinski definition) is 2. The Morgan fingerprint density at radius 1 is 1.14 bits per heavy atom. The van der Waals surface area contributed by atoms with E-state index in [1.807, 2.05) is 42.5 Å². The Morgan fingerprint density at radius 2 is 1.77 bits per heavy atom. The largest absolute Gasteiger partial charge is 0.399 e. The molecule has 0 spiro atoms. The number of nitrogens with two attached hydrogens (primary N) is 1. The molecule has 22 heavy (non-hydrogen) atoms. The van der Waals surface area contributed by atoms with Gasteiger partial charge in [0.2, 0.25) is 0 Å². The second-order valence-corrected chi connectivity index (χ2v) is 5.91. The van der Waals surface area contributed by atoms with E-state index in [1.54, 1.807) is 12.1 Å². The molecule has 1 aliphatic carbocycles. The first kappa shape index (κ1) is 14.6. The van der Waals surface area contributed by atoms with E-state index in [0.717, 1.165) is 5.56 Å². The summed E-state index contributed by atoms with van der Waals surface area (Å²) in [6.07, 6.45) is 0.355. The lowest BCUT2D eigenvalue weighted by Crippen LogP contribution is -2.29. The summed E-state index contributed by atoms with van der Waals surface area (Å²) >= 11 is 5.92. The summed E-state index contributed by atoms with van der Waals surface area (Å²) in [6.45, 7) is 0. The van der Waals surface area contributed by atoms with Crippen molar-refractivity contribution >= 4 is 11.6 Å². The summed E-state index contributed by atoms with van der Waals surface area (Å²) in [5.74, 6) is -0.229. The molecule has 0 fully saturated rings. The molecule has 2 aromatic carbocycles. The van der Waals surface area contributed by atoms with Crippen molar-refractivity contribution in [2.75, 3.05) is 0 Å². The number of benzene rings is 2. The van der Waals surface area contributed by atoms with Crippen molar-refractivity contribution in [2.24, 2.45) is 5.73 Å². The topological polar surface area (TPSA) is 70.0 Å². The first-order valence-electron chi connectivity index (χ1n) is 7.00. The van der Waals surface area contributed by atoms with Crippen LogP contribution in [0.2, 0.25) is 5.02 Å². The van der Waals surface area contributed by atoms with Crippen molar-refractivity contribution in [3.63, 3.8) is 0 Å². The number of aliphatic hydroxyl groups is 1. The van der Waals surface area contributed by atoms with Gasteiger partial charge in [-0.3, -0.25) is 0 Å². The molecule has 0 radical (unpaired) electrons. The minimum atomic E-state index is -1.31. The van der Waals surface area contributed by atoms with Gasteiger partial charge in [0, 0.05) is 10.9 Å². The van der Waals surface area contributed by atoms with Crippen LogP contribution in [0, 0.1) is 11.3 Å². The van der Waals surface area contributed by atoms with Crippen LogP contribution < -0.4 is 5.73 Å². The van der Waals surface area contributed by atoms with Crippen molar-refractivity contribution in [1.82, 2.24) is 0 Å². The van der Waals surface area contributed by atoms with Gasteiger partial charge in [-0.1, -0.05) is 54.1 Å². The Hall–Kier alpha value is -2.28. The number of nitrogens with zero attached hydrogens (tertiary/aromatic N) is 1. The first-order valence-corrected chi connectivity index (χ1v) is 7.37. The van der Waals surface area contributed by atoms with Crippen molar-refractivity contribution in [2.45, 2.75) is 17.9 Å². The SMILES string of the molecule is N#CC1=C(N)[C@](O)(c2ccccc2)C[C@H]1c1ccc(Cl)cc1. The van der Waals surface area contributed by atoms with Crippen LogP contribution in [-0.4, -0.2) is 5.11 Å². The molecule has 0 saturated heterocycles. The molecule has 0 bridgehead atoms. The van der Waals surface area contributed by atoms with Crippen molar-refractivity contribution in [3.05, 3.63) is 82.0 Å². The highest BCUT2D eigenvalue weighted by molar-refractivity contribution is 6.30. The molecular weight excluding hydrogens is 296 g/mol. The van der Waals surface area contributed by atoms with E-state index in [4.69, 9.17) is 17.3 Å². The van der Waals surface area contributed by atoms with E-state index in [2.05, 4.69) is 6.07 Å². The van der Waals surface area contributed by atoms with Gasteiger partial charge in [-0.25, -0.2) is 0 Å². The van der Waals surface area contributed by atoms with E-state index < -0.39 is 5.60 Å². The second kappa shape index (κ2) is 5.49. The molecule has 2 atom stereocenters. The molecule has 110 valence electrons. The highest BCUT2D eigenvalue weighted by atomic mass is 35.5. The van der Waals surface area contributed by atoms with Crippen molar-refractivity contribution < 1.29 is 5.11 Å². The third kappa shape index (κ3) is 2.27.